The van der Waals surface area contributed by atoms with E-state index in [2.05, 4.69) is 22.3 Å². The maximum absolute atomic E-state index is 5.31. The molecular weight excluding hydrogens is 302 g/mol. The Kier molecular flexibility index (Phi) is 4.69. The molecule has 0 N–H and O–H groups in total. The van der Waals surface area contributed by atoms with E-state index in [0.717, 1.165) is 23.8 Å². The summed E-state index contributed by atoms with van der Waals surface area (Å²) in [7, 11) is 3.85. The zero-order valence-electron chi connectivity index (χ0n) is 12.8. The molecule has 6 heteroatoms. The molecule has 1 aliphatic rings. The van der Waals surface area contributed by atoms with E-state index in [1.807, 2.05) is 18.3 Å². The molecular formula is C15H21N3OS2. The number of aromatic nitrogens is 2. The average molecular weight is 323 g/mol. The van der Waals surface area contributed by atoms with Crippen molar-refractivity contribution < 1.29 is 4.74 Å². The molecule has 4 nitrogen and oxygen atoms in total. The Morgan fingerprint density at radius 1 is 1.33 bits per heavy atom. The normalized spacial score (nSPS) is 15.6. The fraction of sp³-hybridized carbons (Fsp3) is 0.600. The van der Waals surface area contributed by atoms with E-state index < -0.39 is 0 Å². The predicted molar refractivity (Wildman–Crippen MR) is 86.8 cm³/mol. The molecule has 0 saturated carbocycles. The van der Waals surface area contributed by atoms with Gasteiger partial charge in [-0.2, -0.15) is 0 Å². The highest BCUT2D eigenvalue weighted by atomic mass is 32.1. The van der Waals surface area contributed by atoms with Crippen LogP contribution in [0.2, 0.25) is 0 Å². The number of methoxy groups -OCH3 is 1. The molecule has 0 spiro atoms. The zero-order chi connectivity index (χ0) is 14.8. The van der Waals surface area contributed by atoms with Crippen LogP contribution in [0.15, 0.2) is 5.38 Å². The van der Waals surface area contributed by atoms with Crippen LogP contribution in [0.3, 0.4) is 0 Å². The molecule has 0 aliphatic heterocycles. The molecule has 0 amide bonds. The van der Waals surface area contributed by atoms with Gasteiger partial charge in [-0.15, -0.1) is 22.7 Å². The van der Waals surface area contributed by atoms with E-state index in [0.29, 0.717) is 0 Å². The molecule has 2 aromatic rings. The second kappa shape index (κ2) is 6.52. The second-order valence-corrected chi connectivity index (χ2v) is 7.62. The molecule has 0 radical (unpaired) electrons. The van der Waals surface area contributed by atoms with Crippen LogP contribution in [-0.2, 0) is 30.7 Å². The van der Waals surface area contributed by atoms with Gasteiger partial charge >= 0.3 is 0 Å². The van der Waals surface area contributed by atoms with Crippen molar-refractivity contribution in [1.82, 2.24) is 14.9 Å². The van der Waals surface area contributed by atoms with Crippen molar-refractivity contribution in [2.45, 2.75) is 45.4 Å². The van der Waals surface area contributed by atoms with Gasteiger partial charge in [0.15, 0.2) is 0 Å². The van der Waals surface area contributed by atoms with E-state index in [4.69, 9.17) is 9.72 Å². The van der Waals surface area contributed by atoms with Gasteiger partial charge in [0, 0.05) is 23.9 Å². The van der Waals surface area contributed by atoms with Crippen LogP contribution in [0.1, 0.15) is 45.7 Å². The quantitative estimate of drug-likeness (QED) is 0.816. The predicted octanol–water partition coefficient (Wildman–Crippen LogP) is 3.43. The number of thiazole rings is 2. The highest BCUT2D eigenvalue weighted by Gasteiger charge is 2.17. The minimum atomic E-state index is 0.0796. The first-order valence-corrected chi connectivity index (χ1v) is 8.98. The van der Waals surface area contributed by atoms with Crippen molar-refractivity contribution >= 4 is 22.7 Å². The number of rotatable bonds is 6. The maximum Gasteiger partial charge on any atom is 0.122 e. The van der Waals surface area contributed by atoms with E-state index in [-0.39, 0.29) is 6.10 Å². The fourth-order valence-electron chi connectivity index (χ4n) is 2.56. The molecule has 114 valence electrons. The first kappa shape index (κ1) is 15.1. The van der Waals surface area contributed by atoms with E-state index in [9.17, 15) is 0 Å². The maximum atomic E-state index is 5.31. The molecule has 2 aromatic heterocycles. The number of aryl methyl sites for hydroxylation is 2. The smallest absolute Gasteiger partial charge is 0.122 e. The lowest BCUT2D eigenvalue weighted by Crippen LogP contribution is -2.17. The third kappa shape index (κ3) is 3.51. The minimum absolute atomic E-state index is 0.0796. The SMILES string of the molecule is COC(C)c1nc(CN(C)Cc2nc3c(s2)CCC3)cs1. The Balaban J connectivity index is 1.58. The van der Waals surface area contributed by atoms with Crippen molar-refractivity contribution in [2.75, 3.05) is 14.2 Å². The van der Waals surface area contributed by atoms with Crippen LogP contribution in [0.4, 0.5) is 0 Å². The van der Waals surface area contributed by atoms with Crippen LogP contribution in [0, 0.1) is 0 Å². The number of hydrogen-bond acceptors (Lipinski definition) is 6. The summed E-state index contributed by atoms with van der Waals surface area (Å²) >= 11 is 3.56. The second-order valence-electron chi connectivity index (χ2n) is 5.56. The highest BCUT2D eigenvalue weighted by Crippen LogP contribution is 2.28. The van der Waals surface area contributed by atoms with Gasteiger partial charge in [-0.25, -0.2) is 9.97 Å². The number of fused-ring (bicyclic) bond motifs is 1. The summed E-state index contributed by atoms with van der Waals surface area (Å²) in [6.07, 6.45) is 3.75. The first-order valence-electron chi connectivity index (χ1n) is 7.29. The van der Waals surface area contributed by atoms with Crippen LogP contribution in [-0.4, -0.2) is 29.0 Å². The van der Waals surface area contributed by atoms with E-state index >= 15 is 0 Å². The molecule has 1 atom stereocenters. The molecule has 3 rings (SSSR count). The van der Waals surface area contributed by atoms with E-state index in [1.165, 1.54) is 34.8 Å². The van der Waals surface area contributed by atoms with Crippen molar-refractivity contribution in [1.29, 1.82) is 0 Å². The van der Waals surface area contributed by atoms with Gasteiger partial charge in [0.2, 0.25) is 0 Å². The Hall–Kier alpha value is -0.820. The lowest BCUT2D eigenvalue weighted by atomic mass is 10.4. The lowest BCUT2D eigenvalue weighted by molar-refractivity contribution is 0.119. The van der Waals surface area contributed by atoms with Gasteiger partial charge in [0.25, 0.3) is 0 Å². The molecule has 0 saturated heterocycles. The topological polar surface area (TPSA) is 38.2 Å². The van der Waals surface area contributed by atoms with Gasteiger partial charge in [0.05, 0.1) is 17.9 Å². The molecule has 2 heterocycles. The number of hydrogen-bond donors (Lipinski definition) is 0. The van der Waals surface area contributed by atoms with Gasteiger partial charge in [0.1, 0.15) is 16.1 Å². The summed E-state index contributed by atoms with van der Waals surface area (Å²) in [5, 5.41) is 4.42. The summed E-state index contributed by atoms with van der Waals surface area (Å²) in [4.78, 5) is 13.2. The Labute approximate surface area is 133 Å². The minimum Gasteiger partial charge on any atom is -0.375 e. The number of ether oxygens (including phenoxy) is 1. The van der Waals surface area contributed by atoms with Crippen molar-refractivity contribution in [2.24, 2.45) is 0 Å². The first-order chi connectivity index (χ1) is 10.2. The molecule has 1 aliphatic carbocycles. The standard InChI is InChI=1S/C15H21N3OS2/c1-10(19-3)15-16-11(9-20-15)7-18(2)8-14-17-12-5-4-6-13(12)21-14/h9-10H,4-8H2,1-3H3. The van der Waals surface area contributed by atoms with Crippen LogP contribution in [0.5, 0.6) is 0 Å². The zero-order valence-corrected chi connectivity index (χ0v) is 14.4. The largest absolute Gasteiger partial charge is 0.375 e. The Morgan fingerprint density at radius 2 is 2.19 bits per heavy atom. The molecule has 0 fully saturated rings. The van der Waals surface area contributed by atoms with Gasteiger partial charge in [-0.3, -0.25) is 4.90 Å². The van der Waals surface area contributed by atoms with Crippen LogP contribution >= 0.6 is 22.7 Å². The van der Waals surface area contributed by atoms with Gasteiger partial charge < -0.3 is 4.74 Å². The summed E-state index contributed by atoms with van der Waals surface area (Å²) in [5.74, 6) is 0. The lowest BCUT2D eigenvalue weighted by Gasteiger charge is -2.13. The summed E-state index contributed by atoms with van der Waals surface area (Å²) in [6.45, 7) is 3.80. The molecule has 21 heavy (non-hydrogen) atoms. The number of nitrogens with zero attached hydrogens (tertiary/aromatic N) is 3. The van der Waals surface area contributed by atoms with Crippen LogP contribution < -0.4 is 0 Å². The Morgan fingerprint density at radius 3 is 2.95 bits per heavy atom. The highest BCUT2D eigenvalue weighted by molar-refractivity contribution is 7.11. The summed E-state index contributed by atoms with van der Waals surface area (Å²) in [6, 6.07) is 0. The third-order valence-corrected chi connectivity index (χ3v) is 5.94. The van der Waals surface area contributed by atoms with E-state index in [1.54, 1.807) is 18.4 Å². The average Bonchev–Trinajstić information content (AvgIpc) is 3.13. The third-order valence-electron chi connectivity index (χ3n) is 3.75. The Bertz CT molecular complexity index is 586. The molecule has 0 bridgehead atoms. The molecule has 1 unspecified atom stereocenters. The molecule has 0 aromatic carbocycles. The van der Waals surface area contributed by atoms with Crippen molar-refractivity contribution in [3.8, 4) is 0 Å². The summed E-state index contributed by atoms with van der Waals surface area (Å²) < 4.78 is 5.31. The summed E-state index contributed by atoms with van der Waals surface area (Å²) in [5.41, 5.74) is 2.46. The monoisotopic (exact) mass is 323 g/mol. The van der Waals surface area contributed by atoms with Gasteiger partial charge in [-0.1, -0.05) is 0 Å². The van der Waals surface area contributed by atoms with Gasteiger partial charge in [-0.05, 0) is 33.2 Å². The van der Waals surface area contributed by atoms with Crippen molar-refractivity contribution in [3.05, 3.63) is 31.7 Å². The fourth-order valence-corrected chi connectivity index (χ4v) is 4.64. The van der Waals surface area contributed by atoms with Crippen LogP contribution in [0.25, 0.3) is 0 Å². The van der Waals surface area contributed by atoms with Crippen molar-refractivity contribution in [3.63, 3.8) is 0 Å².